The highest BCUT2D eigenvalue weighted by Crippen LogP contribution is 2.28. The number of amides is 3. The van der Waals surface area contributed by atoms with Crippen molar-refractivity contribution in [1.82, 2.24) is 21.1 Å². The molecule has 51 heavy (non-hydrogen) atoms. The van der Waals surface area contributed by atoms with Crippen molar-refractivity contribution in [2.75, 3.05) is 13.2 Å². The van der Waals surface area contributed by atoms with Gasteiger partial charge in [0.05, 0.1) is 11.0 Å². The summed E-state index contributed by atoms with van der Waals surface area (Å²) >= 11 is 0. The number of aryl methyl sites for hydroxylation is 2. The fourth-order valence-electron chi connectivity index (χ4n) is 6.41. The van der Waals surface area contributed by atoms with Crippen LogP contribution in [-0.2, 0) is 28.7 Å². The molecule has 0 radical (unpaired) electrons. The van der Waals surface area contributed by atoms with Gasteiger partial charge in [-0.3, -0.25) is 24.2 Å². The second-order valence-corrected chi connectivity index (χ2v) is 14.3. The first-order valence-corrected chi connectivity index (χ1v) is 17.5. The standard InChI is InChI=1S/C40H48N4O7/c1-23(2)34-35(45)41-26(5)36(46)44-19-9-12-32(43-44)37(47)51-27(6)30-16-15-29-14-13-28(20-31(29)21-30)17-18-40(7,39(49)42-34)22-50-38(48)33-24(3)10-8-11-25(33)4/h8,10-11,13-18,20-21,23,26-27,32,34,43H,9,12,19,22H2,1-7H3,(H,41,45)(H,42,49)/b18-17+/t26-,27+,32-,34?,40+/m0/s1. The molecule has 5 bridgehead atoms. The zero-order valence-corrected chi connectivity index (χ0v) is 30.4. The number of nitrogens with one attached hydrogen (secondary N) is 3. The van der Waals surface area contributed by atoms with E-state index in [1.807, 2.05) is 68.4 Å². The Morgan fingerprint density at radius 1 is 0.980 bits per heavy atom. The molecule has 0 aliphatic carbocycles. The summed E-state index contributed by atoms with van der Waals surface area (Å²) in [5.74, 6) is -2.88. The van der Waals surface area contributed by atoms with Gasteiger partial charge in [-0.2, -0.15) is 0 Å². The Morgan fingerprint density at radius 3 is 2.39 bits per heavy atom. The molecule has 270 valence electrons. The average molecular weight is 697 g/mol. The number of hydrazine groups is 1. The maximum absolute atomic E-state index is 14.2. The fraction of sp³-hybridized carbons (Fsp3) is 0.425. The Bertz CT molecular complexity index is 1850. The second kappa shape index (κ2) is 15.5. The minimum atomic E-state index is -1.40. The lowest BCUT2D eigenvalue weighted by molar-refractivity contribution is -0.157. The van der Waals surface area contributed by atoms with Crippen LogP contribution in [0.3, 0.4) is 0 Å². The topological polar surface area (TPSA) is 143 Å². The number of fused-ring (bicyclic) bond motifs is 4. The van der Waals surface area contributed by atoms with Crippen molar-refractivity contribution in [3.8, 4) is 0 Å². The maximum Gasteiger partial charge on any atom is 0.338 e. The molecule has 0 saturated carbocycles. The molecule has 3 N–H and O–H groups in total. The highest BCUT2D eigenvalue weighted by atomic mass is 16.5. The number of hydrogen-bond acceptors (Lipinski definition) is 8. The average Bonchev–Trinajstić information content (AvgIpc) is 3.10. The van der Waals surface area contributed by atoms with Crippen LogP contribution in [0.4, 0.5) is 0 Å². The van der Waals surface area contributed by atoms with Gasteiger partial charge in [-0.15, -0.1) is 0 Å². The Balaban J connectivity index is 1.53. The smallest absolute Gasteiger partial charge is 0.338 e. The Hall–Kier alpha value is -5.03. The highest BCUT2D eigenvalue weighted by Gasteiger charge is 2.38. The molecule has 1 unspecified atom stereocenters. The molecule has 5 atom stereocenters. The summed E-state index contributed by atoms with van der Waals surface area (Å²) in [6, 6.07) is 14.5. The molecule has 2 heterocycles. The normalized spacial score (nSPS) is 25.6. The molecule has 2 aliphatic rings. The Morgan fingerprint density at radius 2 is 1.69 bits per heavy atom. The summed E-state index contributed by atoms with van der Waals surface area (Å²) in [5.41, 5.74) is 5.13. The van der Waals surface area contributed by atoms with E-state index in [9.17, 15) is 24.0 Å². The maximum atomic E-state index is 14.2. The molecule has 3 aromatic rings. The van der Waals surface area contributed by atoms with Crippen LogP contribution in [0.2, 0.25) is 0 Å². The first-order chi connectivity index (χ1) is 24.2. The van der Waals surface area contributed by atoms with Crippen LogP contribution in [0.15, 0.2) is 60.7 Å². The van der Waals surface area contributed by atoms with Crippen molar-refractivity contribution in [3.63, 3.8) is 0 Å². The zero-order chi connectivity index (χ0) is 37.0. The number of nitrogens with zero attached hydrogens (tertiary/aromatic N) is 1. The van der Waals surface area contributed by atoms with E-state index < -0.39 is 59.3 Å². The van der Waals surface area contributed by atoms with Gasteiger partial charge in [0.15, 0.2) is 0 Å². The van der Waals surface area contributed by atoms with Gasteiger partial charge in [-0.1, -0.05) is 68.5 Å². The van der Waals surface area contributed by atoms with Crippen molar-refractivity contribution >= 4 is 46.5 Å². The van der Waals surface area contributed by atoms with Crippen molar-refractivity contribution in [2.45, 2.75) is 85.5 Å². The Labute approximate surface area is 299 Å². The van der Waals surface area contributed by atoms with E-state index in [1.165, 1.54) is 5.01 Å². The van der Waals surface area contributed by atoms with Gasteiger partial charge in [0.2, 0.25) is 11.8 Å². The van der Waals surface area contributed by atoms with Gasteiger partial charge in [-0.05, 0) is 98.5 Å². The summed E-state index contributed by atoms with van der Waals surface area (Å²) in [5, 5.41) is 8.85. The van der Waals surface area contributed by atoms with E-state index in [-0.39, 0.29) is 12.5 Å². The van der Waals surface area contributed by atoms with Crippen molar-refractivity contribution in [3.05, 3.63) is 88.5 Å². The van der Waals surface area contributed by atoms with Gasteiger partial charge in [0.25, 0.3) is 5.91 Å². The molecule has 3 amide bonds. The van der Waals surface area contributed by atoms with Crippen LogP contribution in [0.5, 0.6) is 0 Å². The monoisotopic (exact) mass is 696 g/mol. The summed E-state index contributed by atoms with van der Waals surface area (Å²) in [6.07, 6.45) is 3.96. The summed E-state index contributed by atoms with van der Waals surface area (Å²) in [7, 11) is 0. The molecule has 1 saturated heterocycles. The lowest BCUT2D eigenvalue weighted by Gasteiger charge is -2.35. The molecular weight excluding hydrogens is 648 g/mol. The number of ether oxygens (including phenoxy) is 2. The largest absolute Gasteiger partial charge is 0.461 e. The first-order valence-electron chi connectivity index (χ1n) is 17.5. The number of hydrogen-bond donors (Lipinski definition) is 3. The second-order valence-electron chi connectivity index (χ2n) is 14.3. The lowest BCUT2D eigenvalue weighted by atomic mass is 9.87. The van der Waals surface area contributed by atoms with Gasteiger partial charge in [-0.25, -0.2) is 10.2 Å². The van der Waals surface area contributed by atoms with Gasteiger partial charge in [0.1, 0.15) is 30.8 Å². The summed E-state index contributed by atoms with van der Waals surface area (Å²) in [4.78, 5) is 67.9. The molecule has 11 nitrogen and oxygen atoms in total. The van der Waals surface area contributed by atoms with Gasteiger partial charge < -0.3 is 20.1 Å². The number of esters is 2. The molecule has 1 fully saturated rings. The minimum Gasteiger partial charge on any atom is -0.461 e. The number of rotatable bonds is 4. The van der Waals surface area contributed by atoms with Gasteiger partial charge >= 0.3 is 11.9 Å². The lowest BCUT2D eigenvalue weighted by Crippen LogP contribution is -2.61. The Kier molecular flexibility index (Phi) is 11.3. The zero-order valence-electron chi connectivity index (χ0n) is 30.4. The number of benzene rings is 3. The van der Waals surface area contributed by atoms with Crippen molar-refractivity contribution in [2.24, 2.45) is 11.3 Å². The fourth-order valence-corrected chi connectivity index (χ4v) is 6.41. The molecule has 3 aromatic carbocycles. The van der Waals surface area contributed by atoms with Crippen molar-refractivity contribution in [1.29, 1.82) is 0 Å². The first kappa shape index (κ1) is 37.2. The van der Waals surface area contributed by atoms with Crippen LogP contribution in [0.25, 0.3) is 16.8 Å². The molecular formula is C40H48N4O7. The molecule has 11 heteroatoms. The number of carbonyl (C=O) groups is 5. The quantitative estimate of drug-likeness (QED) is 0.320. The SMILES string of the molecule is Cc1cccc(C)c1C(=O)OC[C@@]1(C)/C=C/c2ccc3ccc(cc3c2)[C@@H](C)OC(=O)[C@@H]2CCCN(N2)C(=O)[C@H](C)NC(=O)C(C(C)C)NC1=O. The summed E-state index contributed by atoms with van der Waals surface area (Å²) in [6.45, 7) is 12.3. The molecule has 0 aromatic heterocycles. The predicted molar refractivity (Wildman–Crippen MR) is 194 cm³/mol. The number of carbonyl (C=O) groups excluding carboxylic acids is 5. The van der Waals surface area contributed by atoms with E-state index in [4.69, 9.17) is 9.47 Å². The third kappa shape index (κ3) is 8.48. The van der Waals surface area contributed by atoms with Gasteiger partial charge in [0, 0.05) is 6.54 Å². The van der Waals surface area contributed by atoms with E-state index in [2.05, 4.69) is 16.1 Å². The van der Waals surface area contributed by atoms with Crippen LogP contribution >= 0.6 is 0 Å². The van der Waals surface area contributed by atoms with E-state index >= 15 is 0 Å². The van der Waals surface area contributed by atoms with Crippen LogP contribution in [0, 0.1) is 25.2 Å². The van der Waals surface area contributed by atoms with Crippen LogP contribution in [-0.4, -0.2) is 65.9 Å². The molecule has 2 aliphatic heterocycles. The molecule has 0 spiro atoms. The van der Waals surface area contributed by atoms with E-state index in [0.717, 1.165) is 33.0 Å². The van der Waals surface area contributed by atoms with Crippen molar-refractivity contribution < 1.29 is 33.4 Å². The highest BCUT2D eigenvalue weighted by molar-refractivity contribution is 5.96. The number of cyclic esters (lactones) is 1. The van der Waals surface area contributed by atoms with E-state index in [1.54, 1.807) is 46.8 Å². The summed E-state index contributed by atoms with van der Waals surface area (Å²) < 4.78 is 11.7. The predicted octanol–water partition coefficient (Wildman–Crippen LogP) is 5.09. The third-order valence-electron chi connectivity index (χ3n) is 9.70. The molecule has 5 rings (SSSR count). The minimum absolute atomic E-state index is 0.300. The van der Waals surface area contributed by atoms with E-state index in [0.29, 0.717) is 24.9 Å². The third-order valence-corrected chi connectivity index (χ3v) is 9.70. The van der Waals surface area contributed by atoms with Crippen LogP contribution < -0.4 is 16.1 Å². The van der Waals surface area contributed by atoms with Crippen LogP contribution in [0.1, 0.15) is 86.2 Å².